The number of hydrogen-bond donors (Lipinski definition) is 1. The van der Waals surface area contributed by atoms with Gasteiger partial charge in [-0.1, -0.05) is 6.07 Å². The molecular weight excluding hydrogens is 233 g/mol. The smallest absolute Gasteiger partial charge is 0.162 e. The van der Waals surface area contributed by atoms with Crippen molar-refractivity contribution in [2.24, 2.45) is 0 Å². The Labute approximate surface area is 90.3 Å². The SMILES string of the molecule is Cc1c(C(O)C(Cl)Cl)ccc(F)c1F. The Hall–Kier alpha value is -0.380. The Bertz CT molecular complexity index is 342. The van der Waals surface area contributed by atoms with Crippen LogP contribution in [0.2, 0.25) is 0 Å². The van der Waals surface area contributed by atoms with Crippen LogP contribution in [0.5, 0.6) is 0 Å². The van der Waals surface area contributed by atoms with Crippen LogP contribution < -0.4 is 0 Å². The maximum atomic E-state index is 13.0. The summed E-state index contributed by atoms with van der Waals surface area (Å²) < 4.78 is 25.7. The Morgan fingerprint density at radius 3 is 2.36 bits per heavy atom. The van der Waals surface area contributed by atoms with Crippen LogP contribution in [-0.4, -0.2) is 9.94 Å². The van der Waals surface area contributed by atoms with Crippen molar-refractivity contribution in [1.29, 1.82) is 0 Å². The predicted octanol–water partition coefficient (Wildman–Crippen LogP) is 3.11. The van der Waals surface area contributed by atoms with Gasteiger partial charge in [0, 0.05) is 0 Å². The van der Waals surface area contributed by atoms with Gasteiger partial charge in [-0.05, 0) is 24.1 Å². The van der Waals surface area contributed by atoms with E-state index in [0.717, 1.165) is 6.07 Å². The number of benzene rings is 1. The number of hydrogen-bond acceptors (Lipinski definition) is 1. The van der Waals surface area contributed by atoms with Gasteiger partial charge in [-0.15, -0.1) is 23.2 Å². The van der Waals surface area contributed by atoms with Gasteiger partial charge in [-0.3, -0.25) is 0 Å². The first kappa shape index (κ1) is 11.7. The quantitative estimate of drug-likeness (QED) is 0.788. The molecule has 0 bridgehead atoms. The summed E-state index contributed by atoms with van der Waals surface area (Å²) in [6.07, 6.45) is -1.21. The van der Waals surface area contributed by atoms with Crippen LogP contribution in [0, 0.1) is 18.6 Å². The summed E-state index contributed by atoms with van der Waals surface area (Å²) in [5.74, 6) is -1.95. The molecule has 0 aliphatic heterocycles. The summed E-state index contributed by atoms with van der Waals surface area (Å²) in [7, 11) is 0. The van der Waals surface area contributed by atoms with E-state index < -0.39 is 22.6 Å². The lowest BCUT2D eigenvalue weighted by Gasteiger charge is -2.14. The first-order valence-corrected chi connectivity index (χ1v) is 4.73. The van der Waals surface area contributed by atoms with Gasteiger partial charge in [0.1, 0.15) is 10.9 Å². The Kier molecular flexibility index (Phi) is 3.70. The number of aliphatic hydroxyl groups is 1. The molecule has 14 heavy (non-hydrogen) atoms. The van der Waals surface area contributed by atoms with Crippen LogP contribution in [-0.2, 0) is 0 Å². The third-order valence-corrected chi connectivity index (χ3v) is 2.42. The molecule has 0 radical (unpaired) electrons. The second-order valence-electron chi connectivity index (χ2n) is 2.85. The molecule has 78 valence electrons. The maximum Gasteiger partial charge on any atom is 0.162 e. The fourth-order valence-electron chi connectivity index (χ4n) is 1.12. The van der Waals surface area contributed by atoms with Gasteiger partial charge in [-0.2, -0.15) is 0 Å². The summed E-state index contributed by atoms with van der Waals surface area (Å²) in [6.45, 7) is 1.35. The largest absolute Gasteiger partial charge is 0.386 e. The van der Waals surface area contributed by atoms with E-state index in [-0.39, 0.29) is 11.1 Å². The third kappa shape index (κ3) is 2.16. The van der Waals surface area contributed by atoms with Gasteiger partial charge in [0.05, 0.1) is 0 Å². The van der Waals surface area contributed by atoms with E-state index in [9.17, 15) is 13.9 Å². The molecule has 1 aromatic rings. The summed E-state index contributed by atoms with van der Waals surface area (Å²) in [4.78, 5) is -1.07. The van der Waals surface area contributed by atoms with E-state index in [1.807, 2.05) is 0 Å². The lowest BCUT2D eigenvalue weighted by molar-refractivity contribution is 0.191. The third-order valence-electron chi connectivity index (χ3n) is 1.94. The molecule has 1 aromatic carbocycles. The minimum Gasteiger partial charge on any atom is -0.386 e. The van der Waals surface area contributed by atoms with E-state index in [2.05, 4.69) is 0 Å². The number of alkyl halides is 2. The van der Waals surface area contributed by atoms with Crippen molar-refractivity contribution in [3.63, 3.8) is 0 Å². The normalized spacial score (nSPS) is 13.4. The molecule has 1 unspecified atom stereocenters. The van der Waals surface area contributed by atoms with Crippen LogP contribution in [0.4, 0.5) is 8.78 Å². The van der Waals surface area contributed by atoms with Gasteiger partial charge in [-0.25, -0.2) is 8.78 Å². The molecule has 0 fully saturated rings. The van der Waals surface area contributed by atoms with E-state index in [0.29, 0.717) is 0 Å². The molecule has 1 nitrogen and oxygen atoms in total. The zero-order valence-electron chi connectivity index (χ0n) is 7.27. The van der Waals surface area contributed by atoms with Crippen molar-refractivity contribution in [3.05, 3.63) is 34.9 Å². The van der Waals surface area contributed by atoms with Crippen molar-refractivity contribution in [1.82, 2.24) is 0 Å². The van der Waals surface area contributed by atoms with Gasteiger partial charge in [0.25, 0.3) is 0 Å². The van der Waals surface area contributed by atoms with Crippen molar-refractivity contribution in [2.45, 2.75) is 17.9 Å². The fraction of sp³-hybridized carbons (Fsp3) is 0.333. The molecule has 0 amide bonds. The summed E-state index contributed by atoms with van der Waals surface area (Å²) in [6, 6.07) is 2.19. The fourth-order valence-corrected chi connectivity index (χ4v) is 1.39. The average Bonchev–Trinajstić information content (AvgIpc) is 2.13. The molecule has 0 aliphatic rings. The maximum absolute atomic E-state index is 13.0. The van der Waals surface area contributed by atoms with E-state index in [1.54, 1.807) is 0 Å². The average molecular weight is 241 g/mol. The minimum absolute atomic E-state index is 0.0174. The minimum atomic E-state index is -1.21. The van der Waals surface area contributed by atoms with E-state index in [4.69, 9.17) is 23.2 Å². The summed E-state index contributed by atoms with van der Waals surface area (Å²) >= 11 is 10.9. The zero-order chi connectivity index (χ0) is 10.9. The second-order valence-corrected chi connectivity index (χ2v) is 4.02. The van der Waals surface area contributed by atoms with Crippen LogP contribution in [0.3, 0.4) is 0 Å². The number of rotatable bonds is 2. The first-order chi connectivity index (χ1) is 6.45. The molecule has 0 aromatic heterocycles. The lowest BCUT2D eigenvalue weighted by Crippen LogP contribution is -2.09. The molecule has 0 spiro atoms. The van der Waals surface area contributed by atoms with Gasteiger partial charge < -0.3 is 5.11 Å². The molecular formula is C9H8Cl2F2O. The summed E-state index contributed by atoms with van der Waals surface area (Å²) in [5.41, 5.74) is 0.211. The highest BCUT2D eigenvalue weighted by molar-refractivity contribution is 6.44. The molecule has 0 heterocycles. The molecule has 0 saturated heterocycles. The highest BCUT2D eigenvalue weighted by atomic mass is 35.5. The highest BCUT2D eigenvalue weighted by Crippen LogP contribution is 2.28. The molecule has 1 atom stereocenters. The number of halogens is 4. The summed E-state index contributed by atoms with van der Waals surface area (Å²) in [5, 5.41) is 9.44. The van der Waals surface area contributed by atoms with Crippen LogP contribution in [0.15, 0.2) is 12.1 Å². The van der Waals surface area contributed by atoms with Crippen molar-refractivity contribution in [2.75, 3.05) is 0 Å². The predicted molar refractivity (Wildman–Crippen MR) is 51.5 cm³/mol. The zero-order valence-corrected chi connectivity index (χ0v) is 8.78. The molecule has 0 aliphatic carbocycles. The van der Waals surface area contributed by atoms with Crippen LogP contribution in [0.1, 0.15) is 17.2 Å². The molecule has 1 rings (SSSR count). The Morgan fingerprint density at radius 1 is 1.29 bits per heavy atom. The van der Waals surface area contributed by atoms with Gasteiger partial charge in [0.15, 0.2) is 11.6 Å². The highest BCUT2D eigenvalue weighted by Gasteiger charge is 2.20. The van der Waals surface area contributed by atoms with Crippen LogP contribution >= 0.6 is 23.2 Å². The van der Waals surface area contributed by atoms with Crippen molar-refractivity contribution in [3.8, 4) is 0 Å². The van der Waals surface area contributed by atoms with E-state index >= 15 is 0 Å². The second kappa shape index (κ2) is 4.43. The lowest BCUT2D eigenvalue weighted by atomic mass is 10.0. The Morgan fingerprint density at radius 2 is 1.86 bits per heavy atom. The topological polar surface area (TPSA) is 20.2 Å². The molecule has 0 saturated carbocycles. The molecule has 1 N–H and O–H groups in total. The van der Waals surface area contributed by atoms with Gasteiger partial charge >= 0.3 is 0 Å². The van der Waals surface area contributed by atoms with Crippen molar-refractivity contribution < 1.29 is 13.9 Å². The first-order valence-electron chi connectivity index (χ1n) is 3.86. The standard InChI is InChI=1S/C9H8Cl2F2O/c1-4-5(8(14)9(10)11)2-3-6(12)7(4)13/h2-3,8-9,14H,1H3. The Balaban J connectivity index is 3.17. The van der Waals surface area contributed by atoms with Crippen molar-refractivity contribution >= 4 is 23.2 Å². The van der Waals surface area contributed by atoms with Crippen LogP contribution in [0.25, 0.3) is 0 Å². The number of aliphatic hydroxyl groups excluding tert-OH is 1. The monoisotopic (exact) mass is 240 g/mol. The molecule has 5 heteroatoms. The van der Waals surface area contributed by atoms with E-state index in [1.165, 1.54) is 13.0 Å². The van der Waals surface area contributed by atoms with Gasteiger partial charge in [0.2, 0.25) is 0 Å².